The molecule has 7 nitrogen and oxygen atoms in total. The van der Waals surface area contributed by atoms with Gasteiger partial charge in [-0.15, -0.1) is 21.5 Å². The summed E-state index contributed by atoms with van der Waals surface area (Å²) in [6.07, 6.45) is 4.67. The number of rotatable bonds is 6. The number of anilines is 1. The van der Waals surface area contributed by atoms with E-state index in [2.05, 4.69) is 47.3 Å². The summed E-state index contributed by atoms with van der Waals surface area (Å²) in [5.74, 6) is 1.32. The number of carbonyl (C=O) groups excluding carboxylic acids is 1. The predicted molar refractivity (Wildman–Crippen MR) is 132 cm³/mol. The molecule has 0 spiro atoms. The third kappa shape index (κ3) is 4.97. The highest BCUT2D eigenvalue weighted by molar-refractivity contribution is 7.99. The van der Waals surface area contributed by atoms with Gasteiger partial charge in [-0.3, -0.25) is 9.78 Å². The minimum atomic E-state index is -0.146. The van der Waals surface area contributed by atoms with E-state index in [4.69, 9.17) is 0 Å². The lowest BCUT2D eigenvalue weighted by molar-refractivity contribution is -0.113. The molecule has 0 aliphatic heterocycles. The standard InChI is InChI=1S/C24H28N6OS2/c1-5-30-21(18-8-6-7-11-26-18)28-29-23(30)32-14-20(31)27-22-17(13-25)16-10-9-15(24(2,3)4)12-19(16)33-22/h6-8,11,15H,5,9-10,12,14H2,1-4H3,(H,27,31). The molecule has 0 fully saturated rings. The maximum Gasteiger partial charge on any atom is 0.235 e. The Morgan fingerprint density at radius 2 is 2.18 bits per heavy atom. The van der Waals surface area contributed by atoms with Crippen molar-refractivity contribution in [3.63, 3.8) is 0 Å². The molecule has 3 heterocycles. The van der Waals surface area contributed by atoms with Crippen LogP contribution in [-0.4, -0.2) is 31.4 Å². The first-order chi connectivity index (χ1) is 15.8. The van der Waals surface area contributed by atoms with Crippen molar-refractivity contribution < 1.29 is 4.79 Å². The summed E-state index contributed by atoms with van der Waals surface area (Å²) in [6.45, 7) is 9.51. The van der Waals surface area contributed by atoms with E-state index in [1.165, 1.54) is 16.6 Å². The van der Waals surface area contributed by atoms with Crippen LogP contribution in [0.15, 0.2) is 29.6 Å². The monoisotopic (exact) mass is 480 g/mol. The maximum atomic E-state index is 12.8. The Balaban J connectivity index is 1.45. The Morgan fingerprint density at radius 1 is 1.36 bits per heavy atom. The van der Waals surface area contributed by atoms with Crippen molar-refractivity contribution >= 4 is 34.0 Å². The van der Waals surface area contributed by atoms with E-state index in [9.17, 15) is 10.1 Å². The zero-order valence-electron chi connectivity index (χ0n) is 19.4. The Morgan fingerprint density at radius 3 is 2.85 bits per heavy atom. The van der Waals surface area contributed by atoms with Crippen LogP contribution in [0.25, 0.3) is 11.5 Å². The molecule has 0 aromatic carbocycles. The first-order valence-electron chi connectivity index (χ1n) is 11.1. The lowest BCUT2D eigenvalue weighted by Crippen LogP contribution is -2.26. The van der Waals surface area contributed by atoms with Gasteiger partial charge in [0.25, 0.3) is 0 Å². The van der Waals surface area contributed by atoms with Gasteiger partial charge in [0, 0.05) is 17.6 Å². The fourth-order valence-electron chi connectivity index (χ4n) is 4.19. The molecule has 1 aliphatic carbocycles. The van der Waals surface area contributed by atoms with E-state index >= 15 is 0 Å². The summed E-state index contributed by atoms with van der Waals surface area (Å²) in [6, 6.07) is 7.99. The Bertz CT molecular complexity index is 1190. The van der Waals surface area contributed by atoms with Crippen molar-refractivity contribution in [2.75, 3.05) is 11.1 Å². The number of thioether (sulfide) groups is 1. The van der Waals surface area contributed by atoms with Crippen LogP contribution in [0.3, 0.4) is 0 Å². The molecule has 1 atom stereocenters. The molecule has 33 heavy (non-hydrogen) atoms. The van der Waals surface area contributed by atoms with Gasteiger partial charge >= 0.3 is 0 Å². The molecule has 9 heteroatoms. The largest absolute Gasteiger partial charge is 0.316 e. The molecule has 0 saturated carbocycles. The molecule has 0 radical (unpaired) electrons. The maximum absolute atomic E-state index is 12.8. The van der Waals surface area contributed by atoms with Gasteiger partial charge in [-0.2, -0.15) is 5.26 Å². The second kappa shape index (κ2) is 9.65. The fraction of sp³-hybridized carbons (Fsp3) is 0.458. The fourth-order valence-corrected chi connectivity index (χ4v) is 6.29. The summed E-state index contributed by atoms with van der Waals surface area (Å²) in [7, 11) is 0. The Hall–Kier alpha value is -2.70. The smallest absolute Gasteiger partial charge is 0.235 e. The summed E-state index contributed by atoms with van der Waals surface area (Å²) < 4.78 is 1.96. The van der Waals surface area contributed by atoms with Crippen molar-refractivity contribution in [2.45, 2.75) is 58.7 Å². The van der Waals surface area contributed by atoms with Gasteiger partial charge in [-0.05, 0) is 55.2 Å². The SMILES string of the molecule is CCn1c(SCC(=O)Nc2sc3c(c2C#N)CCC(C(C)(C)C)C3)nnc1-c1ccccn1. The molecule has 172 valence electrons. The highest BCUT2D eigenvalue weighted by atomic mass is 32.2. The normalized spacial score (nSPS) is 15.7. The third-order valence-corrected chi connectivity index (χ3v) is 8.25. The van der Waals surface area contributed by atoms with E-state index in [-0.39, 0.29) is 17.1 Å². The van der Waals surface area contributed by atoms with Gasteiger partial charge < -0.3 is 9.88 Å². The lowest BCUT2D eigenvalue weighted by Gasteiger charge is -2.33. The molecule has 0 bridgehead atoms. The van der Waals surface area contributed by atoms with Gasteiger partial charge in [0.1, 0.15) is 16.8 Å². The molecule has 3 aromatic rings. The molecular formula is C24H28N6OS2. The van der Waals surface area contributed by atoms with Crippen molar-refractivity contribution in [1.82, 2.24) is 19.7 Å². The number of nitrogens with one attached hydrogen (secondary N) is 1. The van der Waals surface area contributed by atoms with Gasteiger partial charge in [0.2, 0.25) is 5.91 Å². The topological polar surface area (TPSA) is 96.5 Å². The number of carbonyl (C=O) groups is 1. The molecule has 1 unspecified atom stereocenters. The average Bonchev–Trinajstić information content (AvgIpc) is 3.37. The van der Waals surface area contributed by atoms with Crippen molar-refractivity contribution in [1.29, 1.82) is 5.26 Å². The summed E-state index contributed by atoms with van der Waals surface area (Å²) in [4.78, 5) is 18.4. The van der Waals surface area contributed by atoms with E-state index in [0.29, 0.717) is 34.0 Å². The highest BCUT2D eigenvalue weighted by Crippen LogP contribution is 2.44. The van der Waals surface area contributed by atoms with Crippen molar-refractivity contribution in [3.05, 3.63) is 40.4 Å². The highest BCUT2D eigenvalue weighted by Gasteiger charge is 2.32. The number of amides is 1. The number of pyridine rings is 1. The third-order valence-electron chi connectivity index (χ3n) is 6.11. The van der Waals surface area contributed by atoms with E-state index in [0.717, 1.165) is 30.5 Å². The first kappa shape index (κ1) is 23.5. The second-order valence-electron chi connectivity index (χ2n) is 9.23. The van der Waals surface area contributed by atoms with Gasteiger partial charge in [0.15, 0.2) is 11.0 Å². The van der Waals surface area contributed by atoms with Gasteiger partial charge in [-0.25, -0.2) is 0 Å². The van der Waals surface area contributed by atoms with Crippen molar-refractivity contribution in [2.24, 2.45) is 11.3 Å². The minimum Gasteiger partial charge on any atom is -0.316 e. The average molecular weight is 481 g/mol. The molecule has 3 aromatic heterocycles. The molecule has 4 rings (SSSR count). The number of nitrogens with zero attached hydrogens (tertiary/aromatic N) is 5. The van der Waals surface area contributed by atoms with Crippen LogP contribution >= 0.6 is 23.1 Å². The van der Waals surface area contributed by atoms with Crippen molar-refractivity contribution in [3.8, 4) is 17.6 Å². The molecule has 0 saturated heterocycles. The zero-order chi connectivity index (χ0) is 23.6. The first-order valence-corrected chi connectivity index (χ1v) is 12.9. The van der Waals surface area contributed by atoms with E-state index in [1.807, 2.05) is 29.7 Å². The van der Waals surface area contributed by atoms with Crippen LogP contribution in [-0.2, 0) is 24.2 Å². The quantitative estimate of drug-likeness (QED) is 0.489. The number of fused-ring (bicyclic) bond motifs is 1. The number of aromatic nitrogens is 4. The number of nitriles is 1. The summed E-state index contributed by atoms with van der Waals surface area (Å²) in [5, 5.41) is 22.6. The van der Waals surface area contributed by atoms with Crippen LogP contribution < -0.4 is 5.32 Å². The van der Waals surface area contributed by atoms with Crippen LogP contribution in [0.4, 0.5) is 5.00 Å². The summed E-state index contributed by atoms with van der Waals surface area (Å²) >= 11 is 2.90. The minimum absolute atomic E-state index is 0.146. The molecule has 1 amide bonds. The molecule has 1 N–H and O–H groups in total. The van der Waals surface area contributed by atoms with E-state index in [1.54, 1.807) is 17.5 Å². The molecular weight excluding hydrogens is 452 g/mol. The van der Waals surface area contributed by atoms with E-state index < -0.39 is 0 Å². The zero-order valence-corrected chi connectivity index (χ0v) is 21.0. The van der Waals surface area contributed by atoms with Crippen LogP contribution in [0.1, 0.15) is 50.1 Å². The van der Waals surface area contributed by atoms with Gasteiger partial charge in [0.05, 0.1) is 11.3 Å². The van der Waals surface area contributed by atoms with Crippen LogP contribution in [0, 0.1) is 22.7 Å². The number of thiophene rings is 1. The Kier molecular flexibility index (Phi) is 6.86. The number of hydrogen-bond donors (Lipinski definition) is 1. The summed E-state index contributed by atoms with van der Waals surface area (Å²) in [5.41, 5.74) is 2.74. The lowest BCUT2D eigenvalue weighted by atomic mass is 9.72. The predicted octanol–water partition coefficient (Wildman–Crippen LogP) is 5.17. The number of hydrogen-bond acceptors (Lipinski definition) is 7. The molecule has 1 aliphatic rings. The van der Waals surface area contributed by atoms with Crippen LogP contribution in [0.5, 0.6) is 0 Å². The van der Waals surface area contributed by atoms with Gasteiger partial charge in [-0.1, -0.05) is 38.6 Å². The second-order valence-corrected chi connectivity index (χ2v) is 11.3. The van der Waals surface area contributed by atoms with Crippen LogP contribution in [0.2, 0.25) is 0 Å². The Labute approximate surface area is 202 Å².